The van der Waals surface area contributed by atoms with Gasteiger partial charge in [0.1, 0.15) is 20.8 Å². The number of alkyl halides is 4. The Morgan fingerprint density at radius 1 is 0.857 bits per heavy atom. The number of benzene rings is 1. The van der Waals surface area contributed by atoms with Crippen LogP contribution in [0.3, 0.4) is 0 Å². The molecule has 2 bridgehead atoms. The molecule has 1 aromatic rings. The van der Waals surface area contributed by atoms with Gasteiger partial charge in [0.15, 0.2) is 20.0 Å². The van der Waals surface area contributed by atoms with Gasteiger partial charge in [-0.05, 0) is 12.1 Å². The van der Waals surface area contributed by atoms with E-state index in [0.29, 0.717) is 0 Å². The molecule has 3 aliphatic rings. The molecule has 0 aliphatic heterocycles. The van der Waals surface area contributed by atoms with Gasteiger partial charge in [-0.1, -0.05) is 64.6 Å². The number of allylic oxidation sites excluding steroid dienone is 2. The molecule has 0 amide bonds. The van der Waals surface area contributed by atoms with Crippen LogP contribution in [0.25, 0.3) is 0 Å². The van der Waals surface area contributed by atoms with Crippen molar-refractivity contribution in [2.75, 3.05) is 0 Å². The zero-order valence-corrected chi connectivity index (χ0v) is 19.0. The summed E-state index contributed by atoms with van der Waals surface area (Å²) < 4.78 is 24.0. The molecule has 28 heavy (non-hydrogen) atoms. The third-order valence-electron chi connectivity index (χ3n) is 5.74. The number of ketones is 2. The van der Waals surface area contributed by atoms with Crippen LogP contribution in [0, 0.1) is 11.8 Å². The van der Waals surface area contributed by atoms with Crippen molar-refractivity contribution < 1.29 is 18.0 Å². The van der Waals surface area contributed by atoms with Gasteiger partial charge in [0.25, 0.3) is 0 Å². The van der Waals surface area contributed by atoms with Crippen LogP contribution < -0.4 is 0 Å². The van der Waals surface area contributed by atoms with Crippen LogP contribution in [0.5, 0.6) is 0 Å². The van der Waals surface area contributed by atoms with E-state index in [1.807, 2.05) is 0 Å². The molecule has 0 aromatic heterocycles. The number of hydrogen-bond acceptors (Lipinski definition) is 4. The van der Waals surface area contributed by atoms with E-state index >= 15 is 0 Å². The summed E-state index contributed by atoms with van der Waals surface area (Å²) in [6.07, 6.45) is -0.579. The maximum absolute atomic E-state index is 13.3. The molecule has 5 unspecified atom stereocenters. The van der Waals surface area contributed by atoms with Gasteiger partial charge in [0.05, 0.1) is 26.8 Å². The van der Waals surface area contributed by atoms with Gasteiger partial charge in [-0.3, -0.25) is 9.59 Å². The summed E-state index contributed by atoms with van der Waals surface area (Å²) in [5, 5.41) is -2.11. The molecule has 4 nitrogen and oxygen atoms in total. The molecule has 1 aromatic carbocycles. The van der Waals surface area contributed by atoms with Crippen LogP contribution in [0.1, 0.15) is 6.42 Å². The number of rotatable bonds is 2. The largest absolute Gasteiger partial charge is 0.299 e. The molecule has 2 fully saturated rings. The molecule has 3 aliphatic carbocycles. The lowest BCUT2D eigenvalue weighted by Crippen LogP contribution is -2.55. The van der Waals surface area contributed by atoms with Crippen LogP contribution in [0.2, 0.25) is 0 Å². The van der Waals surface area contributed by atoms with E-state index in [4.69, 9.17) is 69.6 Å². The van der Waals surface area contributed by atoms with Crippen molar-refractivity contribution in [2.24, 2.45) is 11.8 Å². The lowest BCUT2D eigenvalue weighted by molar-refractivity contribution is -0.137. The number of halogens is 6. The highest BCUT2D eigenvalue weighted by molar-refractivity contribution is 7.92. The first-order chi connectivity index (χ1) is 12.8. The highest BCUT2D eigenvalue weighted by Gasteiger charge is 2.86. The number of carbonyl (C=O) groups is 2. The maximum atomic E-state index is 13.3. The first-order valence-electron chi connectivity index (χ1n) is 8.01. The van der Waals surface area contributed by atoms with Crippen molar-refractivity contribution in [3.8, 4) is 0 Å². The standard InChI is InChI=1S/C17H10Cl6O4S/c18-13-14(19)16(21)11-10(15(13,20)17(16,22)23)8(24)6-9(12(11)25)28(26,27)7-4-2-1-3-5-7/h1-5,9-11H,6H2. The van der Waals surface area contributed by atoms with Crippen molar-refractivity contribution >= 4 is 91.0 Å². The molecular formula is C17H10Cl6O4S. The van der Waals surface area contributed by atoms with E-state index in [1.54, 1.807) is 6.07 Å². The lowest BCUT2D eigenvalue weighted by Gasteiger charge is -2.40. The molecule has 11 heteroatoms. The van der Waals surface area contributed by atoms with Gasteiger partial charge in [-0.25, -0.2) is 8.42 Å². The minimum atomic E-state index is -4.16. The van der Waals surface area contributed by atoms with Crippen molar-refractivity contribution in [1.29, 1.82) is 0 Å². The van der Waals surface area contributed by atoms with Crippen molar-refractivity contribution in [3.63, 3.8) is 0 Å². The van der Waals surface area contributed by atoms with Crippen LogP contribution in [0.15, 0.2) is 45.3 Å². The second-order valence-corrected chi connectivity index (χ2v) is 12.4. The summed E-state index contributed by atoms with van der Waals surface area (Å²) in [6, 6.07) is 7.35. The van der Waals surface area contributed by atoms with Crippen LogP contribution in [-0.2, 0) is 19.4 Å². The fraction of sp³-hybridized carbons (Fsp3) is 0.412. The van der Waals surface area contributed by atoms with E-state index in [9.17, 15) is 18.0 Å². The maximum Gasteiger partial charge on any atom is 0.188 e. The topological polar surface area (TPSA) is 68.3 Å². The Balaban J connectivity index is 1.89. The van der Waals surface area contributed by atoms with Gasteiger partial charge in [0, 0.05) is 6.42 Å². The number of Topliss-reactive ketones (excluding diaryl/α,β-unsaturated/α-hetero) is 2. The summed E-state index contributed by atoms with van der Waals surface area (Å²) in [5.41, 5.74) is 0. The fourth-order valence-corrected chi connectivity index (χ4v) is 9.07. The summed E-state index contributed by atoms with van der Waals surface area (Å²) in [5.74, 6) is -4.13. The molecule has 5 atom stereocenters. The SMILES string of the molecule is O=C1CC(S(=O)(=O)c2ccccc2)C(=O)C2C1C1(Cl)C(Cl)=C(Cl)C2(Cl)C1(Cl)Cl. The normalized spacial score (nSPS) is 39.4. The molecule has 2 saturated carbocycles. The second-order valence-electron chi connectivity index (χ2n) is 7.00. The van der Waals surface area contributed by atoms with Gasteiger partial charge < -0.3 is 0 Å². The first-order valence-corrected chi connectivity index (χ1v) is 11.8. The minimum Gasteiger partial charge on any atom is -0.299 e. The number of hydrogen-bond donors (Lipinski definition) is 0. The van der Waals surface area contributed by atoms with Crippen LogP contribution in [-0.4, -0.2) is 39.3 Å². The molecule has 0 spiro atoms. The number of fused-ring (bicyclic) bond motifs is 5. The van der Waals surface area contributed by atoms with Crippen molar-refractivity contribution in [1.82, 2.24) is 0 Å². The van der Waals surface area contributed by atoms with E-state index in [0.717, 1.165) is 0 Å². The van der Waals surface area contributed by atoms with Gasteiger partial charge in [-0.15, -0.1) is 23.2 Å². The molecule has 4 rings (SSSR count). The quantitative estimate of drug-likeness (QED) is 0.538. The Morgan fingerprint density at radius 3 is 1.89 bits per heavy atom. The fourth-order valence-electron chi connectivity index (χ4n) is 4.40. The molecule has 0 saturated heterocycles. The van der Waals surface area contributed by atoms with Gasteiger partial charge >= 0.3 is 0 Å². The predicted molar refractivity (Wildman–Crippen MR) is 109 cm³/mol. The van der Waals surface area contributed by atoms with Crippen molar-refractivity contribution in [3.05, 3.63) is 40.4 Å². The molecule has 0 N–H and O–H groups in total. The third kappa shape index (κ3) is 2.20. The van der Waals surface area contributed by atoms with Crippen molar-refractivity contribution in [2.45, 2.75) is 30.6 Å². The number of sulfone groups is 1. The average molecular weight is 523 g/mol. The Bertz CT molecular complexity index is 1050. The summed E-state index contributed by atoms with van der Waals surface area (Å²) in [6.45, 7) is 0. The highest BCUT2D eigenvalue weighted by atomic mass is 35.5. The monoisotopic (exact) mass is 520 g/mol. The van der Waals surface area contributed by atoms with E-state index in [1.165, 1.54) is 24.3 Å². The molecular weight excluding hydrogens is 513 g/mol. The molecule has 0 radical (unpaired) electrons. The van der Waals surface area contributed by atoms with E-state index in [2.05, 4.69) is 0 Å². The Labute approximate surface area is 191 Å². The van der Waals surface area contributed by atoms with Gasteiger partial charge in [0.2, 0.25) is 0 Å². The summed E-state index contributed by atoms with van der Waals surface area (Å²) in [7, 11) is -4.16. The Morgan fingerprint density at radius 2 is 1.36 bits per heavy atom. The Hall–Kier alpha value is -0.01000. The zero-order valence-electron chi connectivity index (χ0n) is 13.6. The first kappa shape index (κ1) is 21.2. The molecule has 0 heterocycles. The van der Waals surface area contributed by atoms with Crippen LogP contribution >= 0.6 is 69.6 Å². The lowest BCUT2D eigenvalue weighted by atomic mass is 9.71. The predicted octanol–water partition coefficient (Wildman–Crippen LogP) is 4.45. The minimum absolute atomic E-state index is 0.0883. The second kappa shape index (κ2) is 6.25. The average Bonchev–Trinajstić information content (AvgIpc) is 2.86. The summed E-state index contributed by atoms with van der Waals surface area (Å²) >= 11 is 38.5. The highest BCUT2D eigenvalue weighted by Crippen LogP contribution is 2.77. The third-order valence-corrected chi connectivity index (χ3v) is 12.1. The van der Waals surface area contributed by atoms with E-state index in [-0.39, 0.29) is 15.0 Å². The Kier molecular flexibility index (Phi) is 4.74. The summed E-state index contributed by atoms with van der Waals surface area (Å²) in [4.78, 5) is 22.3. The number of carbonyl (C=O) groups excluding carboxylic acids is 2. The smallest absolute Gasteiger partial charge is 0.188 e. The van der Waals surface area contributed by atoms with Crippen LogP contribution in [0.4, 0.5) is 0 Å². The van der Waals surface area contributed by atoms with Gasteiger partial charge in [-0.2, -0.15) is 0 Å². The zero-order chi connectivity index (χ0) is 20.9. The molecule has 150 valence electrons. The van der Waals surface area contributed by atoms with E-state index < -0.39 is 59.0 Å².